The first kappa shape index (κ1) is 29.5. The van der Waals surface area contributed by atoms with Crippen molar-refractivity contribution in [1.82, 2.24) is 0 Å². The molecule has 0 spiro atoms. The second-order valence-electron chi connectivity index (χ2n) is 1.71. The first-order chi connectivity index (χ1) is 3.83. The molecule has 0 saturated carbocycles. The van der Waals surface area contributed by atoms with Gasteiger partial charge in [0.1, 0.15) is 0 Å². The molecule has 0 radical (unpaired) electrons. The van der Waals surface area contributed by atoms with Gasteiger partial charge in [0, 0.05) is 0 Å². The van der Waals surface area contributed by atoms with E-state index in [1.54, 1.807) is 0 Å². The van der Waals surface area contributed by atoms with Crippen molar-refractivity contribution < 1.29 is 39.9 Å². The van der Waals surface area contributed by atoms with Crippen molar-refractivity contribution in [3.63, 3.8) is 0 Å². The summed E-state index contributed by atoms with van der Waals surface area (Å²) in [6.07, 6.45) is 4.56. The predicted molar refractivity (Wildman–Crippen MR) is 53.4 cm³/mol. The Kier molecular flexibility index (Phi) is 114. The third kappa shape index (κ3) is 89.1. The van der Waals surface area contributed by atoms with Crippen LogP contribution in [0.25, 0.3) is 0 Å². The van der Waals surface area contributed by atoms with E-state index in [-0.39, 0.29) is 54.8 Å². The molecule has 0 heterocycles. The molecule has 0 nitrogen and oxygen atoms in total. The molecule has 0 aromatic rings. The summed E-state index contributed by atoms with van der Waals surface area (Å²) in [5.74, 6) is 0. The van der Waals surface area contributed by atoms with Crippen LogP contribution < -0.4 is 0 Å². The second-order valence-corrected chi connectivity index (χ2v) is 1.71. The molecule has 0 aromatic heterocycles. The van der Waals surface area contributed by atoms with Crippen molar-refractivity contribution >= 4 is 0 Å². The van der Waals surface area contributed by atoms with Crippen LogP contribution in [0.15, 0.2) is 0 Å². The molecule has 0 aliphatic rings. The predicted octanol–water partition coefficient (Wildman–Crippen LogP) is 4.14. The van der Waals surface area contributed by atoms with Gasteiger partial charge in [-0.1, -0.05) is 26.7 Å². The van der Waals surface area contributed by atoms with Gasteiger partial charge in [0.25, 0.3) is 0 Å². The maximum atomic E-state index is 3.60. The topological polar surface area (TPSA) is 0 Å². The molecule has 0 unspecified atom stereocenters. The summed E-state index contributed by atoms with van der Waals surface area (Å²) in [6, 6.07) is 0. The van der Waals surface area contributed by atoms with Gasteiger partial charge < -0.3 is 28.7 Å². The van der Waals surface area contributed by atoms with Crippen LogP contribution in [0.2, 0.25) is 0 Å². The van der Waals surface area contributed by atoms with Crippen molar-refractivity contribution in [1.29, 1.82) is 0 Å². The molecular formula is C10H24Th. The Hall–Kier alpha value is 1.32. The summed E-state index contributed by atoms with van der Waals surface area (Å²) in [6.45, 7) is 11.4. The maximum absolute atomic E-state index is 3.60. The van der Waals surface area contributed by atoms with Crippen molar-refractivity contribution in [3.8, 4) is 0 Å². The smallest absolute Gasteiger partial charge is 0.358 e. The van der Waals surface area contributed by atoms with E-state index in [4.69, 9.17) is 0 Å². The van der Waals surface area contributed by atoms with Crippen LogP contribution in [-0.4, -0.2) is 0 Å². The van der Waals surface area contributed by atoms with Crippen molar-refractivity contribution in [2.75, 3.05) is 0 Å². The molecular weight excluding hydrogens is 352 g/mol. The SMILES string of the molecule is [CH2-]CCC.[CH2-]CCC.[CH3-].[CH3-].[Th+4]. The third-order valence-corrected chi connectivity index (χ3v) is 0.707. The van der Waals surface area contributed by atoms with Crippen LogP contribution in [0.1, 0.15) is 39.5 Å². The Bertz CT molecular complexity index is 12.8. The Morgan fingerprint density at radius 1 is 0.818 bits per heavy atom. The second kappa shape index (κ2) is 42.6. The van der Waals surface area contributed by atoms with Gasteiger partial charge in [0.2, 0.25) is 0 Å². The summed E-state index contributed by atoms with van der Waals surface area (Å²) >= 11 is 0. The molecule has 0 N–H and O–H groups in total. The number of rotatable bonds is 2. The molecule has 0 aliphatic heterocycles. The molecule has 0 bridgehead atoms. The zero-order valence-electron chi connectivity index (χ0n) is 8.74. The van der Waals surface area contributed by atoms with Gasteiger partial charge in [-0.25, -0.2) is 0 Å². The summed E-state index contributed by atoms with van der Waals surface area (Å²) in [5.41, 5.74) is 0. The molecule has 0 atom stereocenters. The van der Waals surface area contributed by atoms with Crippen LogP contribution in [0.5, 0.6) is 0 Å². The fourth-order valence-electron chi connectivity index (χ4n) is 0. The molecule has 0 saturated heterocycles. The van der Waals surface area contributed by atoms with Gasteiger partial charge >= 0.3 is 39.9 Å². The molecule has 0 aliphatic carbocycles. The van der Waals surface area contributed by atoms with E-state index in [2.05, 4.69) is 27.7 Å². The molecule has 0 aromatic carbocycles. The van der Waals surface area contributed by atoms with E-state index in [0.717, 1.165) is 12.8 Å². The minimum absolute atomic E-state index is 0. The quantitative estimate of drug-likeness (QED) is 0.636. The van der Waals surface area contributed by atoms with Crippen LogP contribution in [0, 0.1) is 68.6 Å². The fourth-order valence-corrected chi connectivity index (χ4v) is 0. The first-order valence-corrected chi connectivity index (χ1v) is 3.41. The standard InChI is InChI=1S/2C4H9.2CH3.Th/c2*1-3-4-2;;;/h2*1,3-4H2,2H3;2*1H3;/q4*-1;+4. The van der Waals surface area contributed by atoms with Crippen LogP contribution >= 0.6 is 0 Å². The van der Waals surface area contributed by atoms with Crippen molar-refractivity contribution in [2.24, 2.45) is 0 Å². The van der Waals surface area contributed by atoms with Gasteiger partial charge in [-0.05, 0) is 0 Å². The number of hydrogen-bond acceptors (Lipinski definition) is 0. The summed E-state index contributed by atoms with van der Waals surface area (Å²) in [5, 5.41) is 0. The normalized spacial score (nSPS) is 5.45. The van der Waals surface area contributed by atoms with E-state index in [1.807, 2.05) is 0 Å². The molecule has 0 amide bonds. The minimum atomic E-state index is 0. The zero-order chi connectivity index (χ0) is 6.83. The molecule has 0 rings (SSSR count). The van der Waals surface area contributed by atoms with E-state index in [1.165, 1.54) is 12.8 Å². The Morgan fingerprint density at radius 3 is 0.909 bits per heavy atom. The van der Waals surface area contributed by atoms with E-state index in [0.29, 0.717) is 0 Å². The van der Waals surface area contributed by atoms with E-state index >= 15 is 0 Å². The molecule has 1 heteroatoms. The Morgan fingerprint density at radius 2 is 0.909 bits per heavy atom. The summed E-state index contributed by atoms with van der Waals surface area (Å²) in [4.78, 5) is 0. The van der Waals surface area contributed by atoms with Gasteiger partial charge in [-0.3, -0.25) is 0 Å². The fraction of sp³-hybridized carbons (Fsp3) is 0.600. The van der Waals surface area contributed by atoms with E-state index < -0.39 is 0 Å². The number of hydrogen-bond donors (Lipinski definition) is 0. The van der Waals surface area contributed by atoms with Crippen LogP contribution in [0.4, 0.5) is 0 Å². The largest absolute Gasteiger partial charge is 4.00 e. The summed E-state index contributed by atoms with van der Waals surface area (Å²) in [7, 11) is 0. The Labute approximate surface area is 107 Å². The third-order valence-electron chi connectivity index (χ3n) is 0.707. The van der Waals surface area contributed by atoms with Crippen molar-refractivity contribution in [3.05, 3.63) is 28.7 Å². The number of unbranched alkanes of at least 4 members (excludes halogenated alkanes) is 2. The zero-order valence-corrected chi connectivity index (χ0v) is 12.9. The Balaban J connectivity index is -0.0000000171. The van der Waals surface area contributed by atoms with Gasteiger partial charge in [0.15, 0.2) is 0 Å². The maximum Gasteiger partial charge on any atom is 4.00 e. The molecule has 11 heavy (non-hydrogen) atoms. The first-order valence-electron chi connectivity index (χ1n) is 3.41. The average Bonchev–Trinajstić information content (AvgIpc) is 1.88. The summed E-state index contributed by atoms with van der Waals surface area (Å²) < 4.78 is 0. The monoisotopic (exact) mass is 376 g/mol. The van der Waals surface area contributed by atoms with Crippen molar-refractivity contribution in [2.45, 2.75) is 39.5 Å². The molecule has 68 valence electrons. The van der Waals surface area contributed by atoms with Gasteiger partial charge in [-0.2, -0.15) is 12.8 Å². The average molecular weight is 376 g/mol. The van der Waals surface area contributed by atoms with Crippen LogP contribution in [-0.2, 0) is 0 Å². The van der Waals surface area contributed by atoms with E-state index in [9.17, 15) is 0 Å². The van der Waals surface area contributed by atoms with Gasteiger partial charge in [0.05, 0.1) is 0 Å². The minimum Gasteiger partial charge on any atom is -0.358 e. The van der Waals surface area contributed by atoms with Gasteiger partial charge in [-0.15, -0.1) is 0 Å². The van der Waals surface area contributed by atoms with Crippen LogP contribution in [0.3, 0.4) is 0 Å². The molecule has 0 fully saturated rings.